The molecule has 0 bridgehead atoms. The number of carboxylic acid groups (broad SMARTS) is 1. The molecule has 0 saturated carbocycles. The Balaban J connectivity index is 0. The highest BCUT2D eigenvalue weighted by molar-refractivity contribution is 5.89. The number of hydrogen-bond acceptors (Lipinski definition) is 4. The van der Waals surface area contributed by atoms with E-state index in [9.17, 15) is 14.7 Å². The lowest BCUT2D eigenvalue weighted by Gasteiger charge is -2.02. The van der Waals surface area contributed by atoms with Crippen molar-refractivity contribution in [2.75, 3.05) is 6.61 Å². The van der Waals surface area contributed by atoms with Gasteiger partial charge in [0, 0.05) is 6.08 Å². The van der Waals surface area contributed by atoms with Crippen LogP contribution in [0.2, 0.25) is 0 Å². The number of ether oxygens (including phenoxy) is 1. The normalized spacial score (nSPS) is 10.2. The maximum Gasteiger partial charge on any atom is 0.330 e. The van der Waals surface area contributed by atoms with Crippen LogP contribution >= 0.6 is 0 Å². The lowest BCUT2D eigenvalue weighted by molar-refractivity contribution is -0.297. The average molecular weight is 291 g/mol. The standard InChI is InChI=1S/C14H24O4.ClH/c1-2-3-4-5-6-7-8-9-12-18-14(17)11-10-13(15)16;/h10-11H,2-9,12H2,1H3,(H,15,16);1H/p-2/b11-10-;. The first-order valence-corrected chi connectivity index (χ1v) is 6.72. The number of rotatable bonds is 11. The maximum atomic E-state index is 11.0. The van der Waals surface area contributed by atoms with Gasteiger partial charge in [-0.1, -0.05) is 51.9 Å². The molecule has 0 aliphatic heterocycles. The summed E-state index contributed by atoms with van der Waals surface area (Å²) in [5.41, 5.74) is 0. The zero-order valence-electron chi connectivity index (χ0n) is 11.5. The van der Waals surface area contributed by atoms with E-state index in [1.807, 2.05) is 0 Å². The summed E-state index contributed by atoms with van der Waals surface area (Å²) in [6.07, 6.45) is 11.0. The number of carbonyl (C=O) groups is 2. The van der Waals surface area contributed by atoms with Crippen LogP contribution in [0.25, 0.3) is 0 Å². The molecule has 0 aromatic heterocycles. The van der Waals surface area contributed by atoms with Crippen molar-refractivity contribution in [2.24, 2.45) is 0 Å². The van der Waals surface area contributed by atoms with Crippen LogP contribution in [0.15, 0.2) is 12.2 Å². The smallest absolute Gasteiger partial charge is 0.330 e. The van der Waals surface area contributed by atoms with Crippen LogP contribution in [0.4, 0.5) is 0 Å². The molecular weight excluding hydrogens is 268 g/mol. The highest BCUT2D eigenvalue weighted by Crippen LogP contribution is 2.08. The van der Waals surface area contributed by atoms with Crippen LogP contribution in [0, 0.1) is 0 Å². The van der Waals surface area contributed by atoms with Crippen molar-refractivity contribution in [1.29, 1.82) is 0 Å². The zero-order chi connectivity index (χ0) is 13.6. The number of aliphatic carboxylic acids is 1. The topological polar surface area (TPSA) is 66.4 Å². The molecule has 112 valence electrons. The Hall–Kier alpha value is -1.03. The van der Waals surface area contributed by atoms with Gasteiger partial charge in [-0.3, -0.25) is 0 Å². The van der Waals surface area contributed by atoms with Crippen LogP contribution in [0.1, 0.15) is 58.3 Å². The molecule has 19 heavy (non-hydrogen) atoms. The Morgan fingerprint density at radius 3 is 2.00 bits per heavy atom. The minimum atomic E-state index is -1.39. The van der Waals surface area contributed by atoms with E-state index < -0.39 is 11.9 Å². The Morgan fingerprint density at radius 2 is 1.47 bits per heavy atom. The van der Waals surface area contributed by atoms with Crippen molar-refractivity contribution in [3.63, 3.8) is 0 Å². The van der Waals surface area contributed by atoms with Crippen molar-refractivity contribution in [1.82, 2.24) is 0 Å². The quantitative estimate of drug-likeness (QED) is 0.278. The fraction of sp³-hybridized carbons (Fsp3) is 0.714. The summed E-state index contributed by atoms with van der Waals surface area (Å²) in [4.78, 5) is 21.0. The SMILES string of the molecule is CCCCCCCCCCOC(=O)/C=C\C(=O)[O-].[Cl-]. The third kappa shape index (κ3) is 17.0. The summed E-state index contributed by atoms with van der Waals surface area (Å²) >= 11 is 0. The number of halogens is 1. The van der Waals surface area contributed by atoms with E-state index in [1.54, 1.807) is 0 Å². The number of esters is 1. The van der Waals surface area contributed by atoms with Crippen LogP contribution in [0.5, 0.6) is 0 Å². The summed E-state index contributed by atoms with van der Waals surface area (Å²) in [6, 6.07) is 0. The van der Waals surface area contributed by atoms with Crippen molar-refractivity contribution in [2.45, 2.75) is 58.3 Å². The molecule has 0 aromatic carbocycles. The molecule has 0 aliphatic carbocycles. The van der Waals surface area contributed by atoms with Crippen LogP contribution in [-0.4, -0.2) is 18.5 Å². The predicted molar refractivity (Wildman–Crippen MR) is 67.7 cm³/mol. The number of unbranched alkanes of at least 4 members (excludes halogenated alkanes) is 7. The Morgan fingerprint density at radius 1 is 0.947 bits per heavy atom. The maximum absolute atomic E-state index is 11.0. The van der Waals surface area contributed by atoms with E-state index in [0.717, 1.165) is 25.3 Å². The van der Waals surface area contributed by atoms with Crippen molar-refractivity contribution < 1.29 is 31.8 Å². The van der Waals surface area contributed by atoms with E-state index in [1.165, 1.54) is 32.1 Å². The van der Waals surface area contributed by atoms with Gasteiger partial charge in [0.1, 0.15) is 0 Å². The Labute approximate surface area is 121 Å². The van der Waals surface area contributed by atoms with Gasteiger partial charge in [0.2, 0.25) is 0 Å². The van der Waals surface area contributed by atoms with Crippen molar-refractivity contribution in [3.05, 3.63) is 12.2 Å². The van der Waals surface area contributed by atoms with Crippen LogP contribution in [-0.2, 0) is 14.3 Å². The molecule has 0 atom stereocenters. The highest BCUT2D eigenvalue weighted by atomic mass is 35.5. The van der Waals surface area contributed by atoms with E-state index in [2.05, 4.69) is 6.92 Å². The molecule has 5 heteroatoms. The lowest BCUT2D eigenvalue weighted by atomic mass is 10.1. The van der Waals surface area contributed by atoms with Crippen LogP contribution in [0.3, 0.4) is 0 Å². The second-order valence-corrected chi connectivity index (χ2v) is 4.29. The molecule has 0 amide bonds. The molecule has 0 aliphatic rings. The summed E-state index contributed by atoms with van der Waals surface area (Å²) in [7, 11) is 0. The summed E-state index contributed by atoms with van der Waals surface area (Å²) in [5.74, 6) is -2.01. The molecule has 4 nitrogen and oxygen atoms in total. The minimum absolute atomic E-state index is 0. The van der Waals surface area contributed by atoms with E-state index in [4.69, 9.17) is 4.74 Å². The molecule has 0 fully saturated rings. The van der Waals surface area contributed by atoms with Gasteiger partial charge in [-0.2, -0.15) is 0 Å². The first-order chi connectivity index (χ1) is 8.66. The number of carboxylic acids is 1. The van der Waals surface area contributed by atoms with E-state index in [-0.39, 0.29) is 12.4 Å². The van der Waals surface area contributed by atoms with Gasteiger partial charge in [0.05, 0.1) is 12.6 Å². The second-order valence-electron chi connectivity index (χ2n) is 4.29. The Bertz CT molecular complexity index is 264. The monoisotopic (exact) mass is 290 g/mol. The number of carbonyl (C=O) groups excluding carboxylic acids is 2. The molecule has 0 heterocycles. The summed E-state index contributed by atoms with van der Waals surface area (Å²) < 4.78 is 4.82. The third-order valence-electron chi connectivity index (χ3n) is 2.60. The average Bonchev–Trinajstić information content (AvgIpc) is 2.34. The van der Waals surface area contributed by atoms with E-state index in [0.29, 0.717) is 12.7 Å². The molecule has 0 saturated heterocycles. The van der Waals surface area contributed by atoms with E-state index >= 15 is 0 Å². The molecule has 0 unspecified atom stereocenters. The fourth-order valence-corrected chi connectivity index (χ4v) is 1.59. The molecule has 0 rings (SSSR count). The largest absolute Gasteiger partial charge is 1.00 e. The summed E-state index contributed by atoms with van der Waals surface area (Å²) in [5, 5.41) is 10.0. The van der Waals surface area contributed by atoms with Gasteiger partial charge in [0.15, 0.2) is 0 Å². The van der Waals surface area contributed by atoms with Gasteiger partial charge < -0.3 is 27.0 Å². The zero-order valence-corrected chi connectivity index (χ0v) is 12.3. The van der Waals surface area contributed by atoms with Gasteiger partial charge >= 0.3 is 5.97 Å². The fourth-order valence-electron chi connectivity index (χ4n) is 1.59. The number of hydrogen-bond donors (Lipinski definition) is 0. The second kappa shape index (κ2) is 15.0. The minimum Gasteiger partial charge on any atom is -1.00 e. The molecule has 0 spiro atoms. The van der Waals surface area contributed by atoms with Crippen molar-refractivity contribution in [3.8, 4) is 0 Å². The van der Waals surface area contributed by atoms with Gasteiger partial charge in [-0.25, -0.2) is 4.79 Å². The van der Waals surface area contributed by atoms with Gasteiger partial charge in [0.25, 0.3) is 0 Å². The Kier molecular flexibility index (Phi) is 16.1. The molecular formula is C14H23ClO4-2. The molecule has 0 aromatic rings. The van der Waals surface area contributed by atoms with Crippen molar-refractivity contribution >= 4 is 11.9 Å². The van der Waals surface area contributed by atoms with Gasteiger partial charge in [-0.15, -0.1) is 0 Å². The predicted octanol–water partition coefficient (Wildman–Crippen LogP) is -1.02. The first kappa shape index (κ1) is 20.3. The van der Waals surface area contributed by atoms with Gasteiger partial charge in [-0.05, 0) is 12.5 Å². The summed E-state index contributed by atoms with van der Waals surface area (Å²) in [6.45, 7) is 2.55. The molecule has 0 radical (unpaired) electrons. The van der Waals surface area contributed by atoms with Crippen LogP contribution < -0.4 is 17.5 Å². The highest BCUT2D eigenvalue weighted by Gasteiger charge is 1.96. The lowest BCUT2D eigenvalue weighted by Crippen LogP contribution is -3.00. The third-order valence-corrected chi connectivity index (χ3v) is 2.60. The first-order valence-electron chi connectivity index (χ1n) is 6.72. The molecule has 0 N–H and O–H groups in total.